The summed E-state index contributed by atoms with van der Waals surface area (Å²) in [6.45, 7) is 2.17. The number of fused-ring (bicyclic) bond motifs is 1. The topological polar surface area (TPSA) is 106 Å². The highest BCUT2D eigenvalue weighted by atomic mass is 16.7. The predicted octanol–water partition coefficient (Wildman–Crippen LogP) is 3.73. The van der Waals surface area contributed by atoms with E-state index in [1.54, 1.807) is 54.6 Å². The van der Waals surface area contributed by atoms with Crippen molar-refractivity contribution in [3.63, 3.8) is 0 Å². The van der Waals surface area contributed by atoms with Gasteiger partial charge in [-0.25, -0.2) is 0 Å². The van der Waals surface area contributed by atoms with Crippen molar-refractivity contribution in [2.24, 2.45) is 0 Å². The molecule has 1 aliphatic rings. The van der Waals surface area contributed by atoms with E-state index in [0.29, 0.717) is 34.0 Å². The van der Waals surface area contributed by atoms with Crippen LogP contribution in [0.5, 0.6) is 11.5 Å². The van der Waals surface area contributed by atoms with Crippen molar-refractivity contribution in [2.45, 2.75) is 13.3 Å². The van der Waals surface area contributed by atoms with Crippen LogP contribution in [-0.4, -0.2) is 31.1 Å². The molecule has 4 rings (SSSR count). The summed E-state index contributed by atoms with van der Waals surface area (Å²) in [5.74, 6) is 0.253. The number of anilines is 2. The quantitative estimate of drug-likeness (QED) is 0.514. The number of para-hydroxylation sites is 1. The molecule has 168 valence electrons. The number of hydrogen-bond donors (Lipinski definition) is 3. The maximum atomic E-state index is 12.8. The molecule has 3 amide bonds. The molecule has 1 aliphatic heterocycles. The van der Waals surface area contributed by atoms with Crippen LogP contribution in [0, 0.1) is 6.92 Å². The summed E-state index contributed by atoms with van der Waals surface area (Å²) in [5.41, 5.74) is 2.67. The van der Waals surface area contributed by atoms with Gasteiger partial charge in [0.15, 0.2) is 11.5 Å². The normalized spacial score (nSPS) is 11.5. The zero-order chi connectivity index (χ0) is 23.2. The highest BCUT2D eigenvalue weighted by Gasteiger charge is 2.17. The van der Waals surface area contributed by atoms with Crippen LogP contribution >= 0.6 is 0 Å². The number of rotatable bonds is 7. The van der Waals surface area contributed by atoms with Crippen LogP contribution in [0.3, 0.4) is 0 Å². The number of ether oxygens (including phenoxy) is 2. The van der Waals surface area contributed by atoms with Gasteiger partial charge < -0.3 is 25.4 Å². The zero-order valence-corrected chi connectivity index (χ0v) is 18.0. The van der Waals surface area contributed by atoms with Crippen molar-refractivity contribution in [3.05, 3.63) is 83.4 Å². The molecule has 0 unspecified atom stereocenters. The van der Waals surface area contributed by atoms with Gasteiger partial charge in [-0.05, 0) is 42.8 Å². The van der Waals surface area contributed by atoms with Crippen molar-refractivity contribution >= 4 is 29.1 Å². The van der Waals surface area contributed by atoms with E-state index >= 15 is 0 Å². The molecule has 0 aromatic heterocycles. The van der Waals surface area contributed by atoms with Crippen LogP contribution in [0.2, 0.25) is 0 Å². The summed E-state index contributed by atoms with van der Waals surface area (Å²) in [7, 11) is 0. The molecule has 8 nitrogen and oxygen atoms in total. The van der Waals surface area contributed by atoms with Crippen LogP contribution in [0.1, 0.15) is 32.7 Å². The number of amides is 3. The predicted molar refractivity (Wildman–Crippen MR) is 124 cm³/mol. The molecule has 0 fully saturated rings. The van der Waals surface area contributed by atoms with Gasteiger partial charge in [0.1, 0.15) is 0 Å². The third-order valence-corrected chi connectivity index (χ3v) is 5.10. The average molecular weight is 445 g/mol. The van der Waals surface area contributed by atoms with Gasteiger partial charge >= 0.3 is 0 Å². The van der Waals surface area contributed by atoms with Crippen LogP contribution in [0.25, 0.3) is 0 Å². The Morgan fingerprint density at radius 2 is 1.55 bits per heavy atom. The molecule has 0 saturated heterocycles. The Kier molecular flexibility index (Phi) is 6.54. The monoisotopic (exact) mass is 445 g/mol. The molecule has 0 spiro atoms. The molecule has 0 atom stereocenters. The maximum absolute atomic E-state index is 12.8. The van der Waals surface area contributed by atoms with E-state index in [2.05, 4.69) is 16.0 Å². The highest BCUT2D eigenvalue weighted by molar-refractivity contribution is 6.10. The van der Waals surface area contributed by atoms with Gasteiger partial charge in [0, 0.05) is 30.3 Å². The Bertz CT molecular complexity index is 1210. The molecule has 3 aromatic rings. The summed E-state index contributed by atoms with van der Waals surface area (Å²) in [6, 6.07) is 19.1. The number of aryl methyl sites for hydroxylation is 1. The van der Waals surface area contributed by atoms with Crippen molar-refractivity contribution in [3.8, 4) is 11.5 Å². The first kappa shape index (κ1) is 21.9. The van der Waals surface area contributed by atoms with Gasteiger partial charge in [-0.2, -0.15) is 0 Å². The summed E-state index contributed by atoms with van der Waals surface area (Å²) in [4.78, 5) is 37.5. The van der Waals surface area contributed by atoms with E-state index < -0.39 is 0 Å². The van der Waals surface area contributed by atoms with Crippen LogP contribution in [0.4, 0.5) is 11.4 Å². The van der Waals surface area contributed by atoms with Gasteiger partial charge in [-0.1, -0.05) is 30.3 Å². The minimum Gasteiger partial charge on any atom is -0.454 e. The standard InChI is InChI=1S/C25H23N3O5/c1-16-6-2-3-7-18(16)24(30)26-13-12-23(29)28-20-9-5-4-8-19(20)25(31)27-17-10-11-21-22(14-17)33-15-32-21/h2-11,14H,12-13,15H2,1H3,(H,26,30)(H,27,31)(H,28,29). The lowest BCUT2D eigenvalue weighted by molar-refractivity contribution is -0.116. The molecular formula is C25H23N3O5. The van der Waals surface area contributed by atoms with Crippen molar-refractivity contribution in [1.29, 1.82) is 0 Å². The zero-order valence-electron chi connectivity index (χ0n) is 18.0. The first-order valence-corrected chi connectivity index (χ1v) is 10.4. The number of benzene rings is 3. The summed E-state index contributed by atoms with van der Waals surface area (Å²) < 4.78 is 10.6. The number of nitrogens with one attached hydrogen (secondary N) is 3. The Morgan fingerprint density at radius 1 is 0.818 bits per heavy atom. The van der Waals surface area contributed by atoms with E-state index in [4.69, 9.17) is 9.47 Å². The molecule has 33 heavy (non-hydrogen) atoms. The summed E-state index contributed by atoms with van der Waals surface area (Å²) >= 11 is 0. The second-order valence-corrected chi connectivity index (χ2v) is 7.44. The lowest BCUT2D eigenvalue weighted by atomic mass is 10.1. The highest BCUT2D eigenvalue weighted by Crippen LogP contribution is 2.34. The molecule has 8 heteroatoms. The maximum Gasteiger partial charge on any atom is 0.257 e. The summed E-state index contributed by atoms with van der Waals surface area (Å²) in [6.07, 6.45) is 0.0652. The SMILES string of the molecule is Cc1ccccc1C(=O)NCCC(=O)Nc1ccccc1C(=O)Nc1ccc2c(c1)OCO2. The second-order valence-electron chi connectivity index (χ2n) is 7.44. The number of carbonyl (C=O) groups is 3. The van der Waals surface area contributed by atoms with Gasteiger partial charge in [-0.15, -0.1) is 0 Å². The Morgan fingerprint density at radius 3 is 2.36 bits per heavy atom. The van der Waals surface area contributed by atoms with Crippen LogP contribution in [0.15, 0.2) is 66.7 Å². The number of hydrogen-bond acceptors (Lipinski definition) is 5. The summed E-state index contributed by atoms with van der Waals surface area (Å²) in [5, 5.41) is 8.29. The molecule has 0 bridgehead atoms. The van der Waals surface area contributed by atoms with Crippen molar-refractivity contribution in [2.75, 3.05) is 24.0 Å². The fourth-order valence-electron chi connectivity index (χ4n) is 3.39. The Hall–Kier alpha value is -4.33. The average Bonchev–Trinajstić information content (AvgIpc) is 3.27. The lowest BCUT2D eigenvalue weighted by Gasteiger charge is -2.12. The smallest absolute Gasteiger partial charge is 0.257 e. The molecule has 3 aromatic carbocycles. The Balaban J connectivity index is 1.34. The first-order chi connectivity index (χ1) is 16.0. The van der Waals surface area contributed by atoms with Crippen LogP contribution in [-0.2, 0) is 4.79 Å². The lowest BCUT2D eigenvalue weighted by Crippen LogP contribution is -2.28. The van der Waals surface area contributed by atoms with Gasteiger partial charge in [0.2, 0.25) is 12.7 Å². The minimum absolute atomic E-state index is 0.0652. The third-order valence-electron chi connectivity index (χ3n) is 5.10. The van der Waals surface area contributed by atoms with Gasteiger partial charge in [0.05, 0.1) is 11.3 Å². The minimum atomic E-state index is -0.377. The molecule has 0 aliphatic carbocycles. The molecule has 0 radical (unpaired) electrons. The van der Waals surface area contributed by atoms with E-state index in [-0.39, 0.29) is 37.5 Å². The van der Waals surface area contributed by atoms with E-state index in [1.165, 1.54) is 0 Å². The Labute approximate surface area is 190 Å². The van der Waals surface area contributed by atoms with Crippen molar-refractivity contribution < 1.29 is 23.9 Å². The number of carbonyl (C=O) groups excluding carboxylic acids is 3. The molecule has 1 heterocycles. The molecule has 0 saturated carbocycles. The van der Waals surface area contributed by atoms with Crippen molar-refractivity contribution in [1.82, 2.24) is 5.32 Å². The van der Waals surface area contributed by atoms with Crippen LogP contribution < -0.4 is 25.4 Å². The molecular weight excluding hydrogens is 422 g/mol. The van der Waals surface area contributed by atoms with E-state index in [9.17, 15) is 14.4 Å². The van der Waals surface area contributed by atoms with Gasteiger partial charge in [-0.3, -0.25) is 14.4 Å². The second kappa shape index (κ2) is 9.86. The van der Waals surface area contributed by atoms with Gasteiger partial charge in [0.25, 0.3) is 11.8 Å². The van der Waals surface area contributed by atoms with E-state index in [1.807, 2.05) is 19.1 Å². The largest absolute Gasteiger partial charge is 0.454 e. The molecule has 3 N–H and O–H groups in total. The van der Waals surface area contributed by atoms with E-state index in [0.717, 1.165) is 5.56 Å². The fraction of sp³-hybridized carbons (Fsp3) is 0.160. The fourth-order valence-corrected chi connectivity index (χ4v) is 3.39. The first-order valence-electron chi connectivity index (χ1n) is 10.4. The third kappa shape index (κ3) is 5.30.